The van der Waals surface area contributed by atoms with E-state index in [1.165, 1.54) is 0 Å². The first-order chi connectivity index (χ1) is 8.31. The van der Waals surface area contributed by atoms with Gasteiger partial charge in [-0.05, 0) is 50.8 Å². The monoisotopic (exact) mass is 249 g/mol. The van der Waals surface area contributed by atoms with Gasteiger partial charge in [-0.2, -0.15) is 0 Å². The van der Waals surface area contributed by atoms with Crippen LogP contribution in [0, 0.1) is 0 Å². The van der Waals surface area contributed by atoms with Gasteiger partial charge in [0.05, 0.1) is 6.42 Å². The van der Waals surface area contributed by atoms with Crippen LogP contribution in [-0.4, -0.2) is 11.6 Å². The lowest BCUT2D eigenvalue weighted by Gasteiger charge is -2.22. The summed E-state index contributed by atoms with van der Waals surface area (Å²) in [4.78, 5) is 11.8. The first-order valence-electron chi connectivity index (χ1n) is 6.39. The van der Waals surface area contributed by atoms with E-state index in [0.29, 0.717) is 6.42 Å². The predicted octanol–water partition coefficient (Wildman–Crippen LogP) is 3.49. The summed E-state index contributed by atoms with van der Waals surface area (Å²) in [5, 5.41) is 0. The summed E-state index contributed by atoms with van der Waals surface area (Å²) in [6.45, 7) is 7.71. The van der Waals surface area contributed by atoms with Gasteiger partial charge in [0.25, 0.3) is 0 Å². The first-order valence-corrected chi connectivity index (χ1v) is 6.39. The van der Waals surface area contributed by atoms with Gasteiger partial charge in [-0.3, -0.25) is 4.79 Å². The summed E-state index contributed by atoms with van der Waals surface area (Å²) in [5.74, 6) is 0.0140. The summed E-state index contributed by atoms with van der Waals surface area (Å²) in [5.41, 5.74) is 7.17. The highest BCUT2D eigenvalue weighted by atomic mass is 16.6. The Morgan fingerprint density at radius 1 is 1.39 bits per heavy atom. The summed E-state index contributed by atoms with van der Waals surface area (Å²) in [6.07, 6.45) is 1.29. The number of nitrogen functional groups attached to an aromatic ring is 1. The van der Waals surface area contributed by atoms with Gasteiger partial charge >= 0.3 is 5.97 Å². The molecule has 3 heteroatoms. The van der Waals surface area contributed by atoms with Gasteiger partial charge in [0, 0.05) is 5.69 Å². The quantitative estimate of drug-likeness (QED) is 0.656. The van der Waals surface area contributed by atoms with Crippen molar-refractivity contribution >= 4 is 11.7 Å². The zero-order chi connectivity index (χ0) is 13.8. The van der Waals surface area contributed by atoms with Crippen molar-refractivity contribution in [3.63, 3.8) is 0 Å². The molecule has 0 aliphatic heterocycles. The Labute approximate surface area is 109 Å². The molecule has 1 rings (SSSR count). The third kappa shape index (κ3) is 4.78. The largest absolute Gasteiger partial charge is 0.460 e. The normalized spacial score (nSPS) is 13.1. The molecule has 0 aliphatic carbocycles. The van der Waals surface area contributed by atoms with Crippen molar-refractivity contribution in [3.8, 4) is 0 Å². The van der Waals surface area contributed by atoms with Gasteiger partial charge in [-0.15, -0.1) is 0 Å². The molecule has 0 amide bonds. The van der Waals surface area contributed by atoms with E-state index in [4.69, 9.17) is 10.5 Å². The summed E-state index contributed by atoms with van der Waals surface area (Å²) in [7, 11) is 0. The molecule has 0 heterocycles. The molecule has 100 valence electrons. The number of hydrogen-bond acceptors (Lipinski definition) is 3. The van der Waals surface area contributed by atoms with Crippen molar-refractivity contribution in [2.45, 2.75) is 52.1 Å². The molecule has 3 nitrogen and oxygen atoms in total. The van der Waals surface area contributed by atoms with Gasteiger partial charge in [0.15, 0.2) is 0 Å². The maximum atomic E-state index is 11.8. The smallest absolute Gasteiger partial charge is 0.306 e. The third-order valence-electron chi connectivity index (χ3n) is 2.71. The molecular weight excluding hydrogens is 226 g/mol. The molecule has 0 aromatic heterocycles. The van der Waals surface area contributed by atoms with Crippen molar-refractivity contribution in [2.24, 2.45) is 0 Å². The Morgan fingerprint density at radius 2 is 2.06 bits per heavy atom. The topological polar surface area (TPSA) is 52.3 Å². The van der Waals surface area contributed by atoms with E-state index < -0.39 is 5.60 Å². The van der Waals surface area contributed by atoms with Crippen molar-refractivity contribution < 1.29 is 9.53 Å². The fourth-order valence-corrected chi connectivity index (χ4v) is 1.90. The molecule has 0 spiro atoms. The molecule has 1 unspecified atom stereocenters. The molecule has 0 saturated heterocycles. The maximum Gasteiger partial charge on any atom is 0.306 e. The minimum atomic E-state index is -0.426. The molecule has 0 saturated carbocycles. The second-order valence-electron chi connectivity index (χ2n) is 5.57. The van der Waals surface area contributed by atoms with Crippen LogP contribution in [0.25, 0.3) is 0 Å². The summed E-state index contributed by atoms with van der Waals surface area (Å²) >= 11 is 0. The molecule has 0 fully saturated rings. The van der Waals surface area contributed by atoms with E-state index in [2.05, 4.69) is 6.92 Å². The van der Waals surface area contributed by atoms with E-state index in [-0.39, 0.29) is 11.9 Å². The van der Waals surface area contributed by atoms with Crippen LogP contribution in [-0.2, 0) is 9.53 Å². The van der Waals surface area contributed by atoms with Gasteiger partial charge in [-0.1, -0.05) is 19.1 Å². The Hall–Kier alpha value is -1.51. The average molecular weight is 249 g/mol. The fourth-order valence-electron chi connectivity index (χ4n) is 1.90. The van der Waals surface area contributed by atoms with Gasteiger partial charge in [-0.25, -0.2) is 0 Å². The Morgan fingerprint density at radius 3 is 2.56 bits per heavy atom. The van der Waals surface area contributed by atoms with Crippen LogP contribution in [0.15, 0.2) is 24.3 Å². The van der Waals surface area contributed by atoms with Crippen LogP contribution in [0.4, 0.5) is 5.69 Å². The number of anilines is 1. The number of carbonyl (C=O) groups excluding carboxylic acids is 1. The van der Waals surface area contributed by atoms with E-state index >= 15 is 0 Å². The Bertz CT molecular complexity index is 407. The predicted molar refractivity (Wildman–Crippen MR) is 74.3 cm³/mol. The summed E-state index contributed by atoms with van der Waals surface area (Å²) < 4.78 is 5.35. The van der Waals surface area contributed by atoms with Crippen LogP contribution in [0.2, 0.25) is 0 Å². The fraction of sp³-hybridized carbons (Fsp3) is 0.533. The van der Waals surface area contributed by atoms with E-state index in [1.807, 2.05) is 45.0 Å². The lowest BCUT2D eigenvalue weighted by atomic mass is 9.93. The lowest BCUT2D eigenvalue weighted by Crippen LogP contribution is -2.24. The number of nitrogens with two attached hydrogens (primary N) is 1. The second-order valence-corrected chi connectivity index (χ2v) is 5.57. The third-order valence-corrected chi connectivity index (χ3v) is 2.71. The Balaban J connectivity index is 2.71. The summed E-state index contributed by atoms with van der Waals surface area (Å²) in [6, 6.07) is 7.71. The molecule has 18 heavy (non-hydrogen) atoms. The number of ether oxygens (including phenoxy) is 1. The highest BCUT2D eigenvalue weighted by molar-refractivity contribution is 5.71. The zero-order valence-corrected chi connectivity index (χ0v) is 11.7. The van der Waals surface area contributed by atoms with Crippen LogP contribution >= 0.6 is 0 Å². The van der Waals surface area contributed by atoms with Gasteiger partial charge < -0.3 is 10.5 Å². The molecule has 0 bridgehead atoms. The van der Waals surface area contributed by atoms with E-state index in [9.17, 15) is 4.79 Å². The van der Waals surface area contributed by atoms with E-state index in [1.54, 1.807) is 0 Å². The minimum Gasteiger partial charge on any atom is -0.460 e. The SMILES string of the molecule is CCC(CC(=O)OC(C)(C)C)c1cccc(N)c1. The zero-order valence-electron chi connectivity index (χ0n) is 11.7. The number of esters is 1. The van der Waals surface area contributed by atoms with Crippen LogP contribution in [0.5, 0.6) is 0 Å². The lowest BCUT2D eigenvalue weighted by molar-refractivity contribution is -0.155. The highest BCUT2D eigenvalue weighted by Crippen LogP contribution is 2.26. The second kappa shape index (κ2) is 5.89. The van der Waals surface area contributed by atoms with E-state index in [0.717, 1.165) is 17.7 Å². The van der Waals surface area contributed by atoms with Crippen LogP contribution in [0.3, 0.4) is 0 Å². The average Bonchev–Trinajstić information content (AvgIpc) is 2.23. The minimum absolute atomic E-state index is 0.156. The van der Waals surface area contributed by atoms with Gasteiger partial charge in [0.1, 0.15) is 5.60 Å². The first kappa shape index (κ1) is 14.6. The number of rotatable bonds is 4. The molecular formula is C15H23NO2. The molecule has 1 aromatic carbocycles. The molecule has 0 aliphatic rings. The molecule has 0 radical (unpaired) electrons. The van der Waals surface area contributed by atoms with Crippen LogP contribution in [0.1, 0.15) is 52.0 Å². The molecule has 2 N–H and O–H groups in total. The standard InChI is InChI=1S/C15H23NO2/c1-5-11(10-14(17)18-15(2,3)4)12-7-6-8-13(16)9-12/h6-9,11H,5,10,16H2,1-4H3. The van der Waals surface area contributed by atoms with Crippen molar-refractivity contribution in [2.75, 3.05) is 5.73 Å². The van der Waals surface area contributed by atoms with Crippen molar-refractivity contribution in [3.05, 3.63) is 29.8 Å². The maximum absolute atomic E-state index is 11.8. The molecule has 1 atom stereocenters. The van der Waals surface area contributed by atoms with Crippen molar-refractivity contribution in [1.29, 1.82) is 0 Å². The highest BCUT2D eigenvalue weighted by Gasteiger charge is 2.20. The number of hydrogen-bond donors (Lipinski definition) is 1. The Kier molecular flexibility index (Phi) is 4.76. The van der Waals surface area contributed by atoms with Crippen LogP contribution < -0.4 is 5.73 Å². The number of benzene rings is 1. The number of carbonyl (C=O) groups is 1. The molecule has 1 aromatic rings. The van der Waals surface area contributed by atoms with Gasteiger partial charge in [0.2, 0.25) is 0 Å². The van der Waals surface area contributed by atoms with Crippen molar-refractivity contribution in [1.82, 2.24) is 0 Å².